The summed E-state index contributed by atoms with van der Waals surface area (Å²) in [5, 5.41) is 3.32. The molecular formula is C14H15N3. The van der Waals surface area contributed by atoms with Crippen LogP contribution >= 0.6 is 0 Å². The van der Waals surface area contributed by atoms with Gasteiger partial charge in [-0.3, -0.25) is 0 Å². The van der Waals surface area contributed by atoms with E-state index in [1.54, 1.807) is 6.20 Å². The molecular weight excluding hydrogens is 210 g/mol. The van der Waals surface area contributed by atoms with E-state index in [9.17, 15) is 0 Å². The monoisotopic (exact) mass is 225 g/mol. The summed E-state index contributed by atoms with van der Waals surface area (Å²) in [5.41, 5.74) is 9.46. The number of nitrogens with two attached hydrogens (primary N) is 1. The lowest BCUT2D eigenvalue weighted by molar-refractivity contribution is 0.635. The molecule has 2 aromatic rings. The first-order valence-electron chi connectivity index (χ1n) is 5.87. The Hall–Kier alpha value is -2.03. The fraction of sp³-hybridized carbons (Fsp3) is 0.214. The summed E-state index contributed by atoms with van der Waals surface area (Å²) in [6.45, 7) is 0.901. The lowest BCUT2D eigenvalue weighted by Gasteiger charge is -2.30. The van der Waals surface area contributed by atoms with E-state index >= 15 is 0 Å². The van der Waals surface area contributed by atoms with Gasteiger partial charge in [-0.15, -0.1) is 0 Å². The van der Waals surface area contributed by atoms with Gasteiger partial charge in [-0.05, 0) is 29.7 Å². The van der Waals surface area contributed by atoms with Crippen LogP contribution in [0.15, 0.2) is 42.6 Å². The van der Waals surface area contributed by atoms with Gasteiger partial charge in [0.05, 0.1) is 5.69 Å². The second kappa shape index (κ2) is 4.09. The van der Waals surface area contributed by atoms with Crippen LogP contribution in [0.4, 0.5) is 11.5 Å². The average molecular weight is 225 g/mol. The summed E-state index contributed by atoms with van der Waals surface area (Å²) in [6.07, 6.45) is 2.91. The van der Waals surface area contributed by atoms with Gasteiger partial charge in [0.15, 0.2) is 0 Å². The Bertz CT molecular complexity index is 536. The molecule has 0 spiro atoms. The van der Waals surface area contributed by atoms with Crippen molar-refractivity contribution in [3.8, 4) is 0 Å². The number of nitrogens with one attached hydrogen (secondary N) is 1. The maximum Gasteiger partial charge on any atom is 0.149 e. The molecule has 1 unspecified atom stereocenters. The molecule has 17 heavy (non-hydrogen) atoms. The summed E-state index contributed by atoms with van der Waals surface area (Å²) in [4.78, 5) is 4.23. The highest BCUT2D eigenvalue weighted by Gasteiger charge is 2.24. The van der Waals surface area contributed by atoms with E-state index in [2.05, 4.69) is 34.6 Å². The SMILES string of the molecule is Nc1cccnc1NCC1Cc2ccccc21. The highest BCUT2D eigenvalue weighted by atomic mass is 15.0. The molecule has 1 aromatic heterocycles. The third-order valence-electron chi connectivity index (χ3n) is 3.32. The van der Waals surface area contributed by atoms with Crippen LogP contribution in [0.2, 0.25) is 0 Å². The van der Waals surface area contributed by atoms with Crippen molar-refractivity contribution in [2.45, 2.75) is 12.3 Å². The van der Waals surface area contributed by atoms with Gasteiger partial charge in [-0.2, -0.15) is 0 Å². The standard InChI is InChI=1S/C14H15N3/c15-13-6-3-7-16-14(13)17-9-11-8-10-4-1-2-5-12(10)11/h1-7,11H,8-9,15H2,(H,16,17). The number of hydrogen-bond acceptors (Lipinski definition) is 3. The number of nitrogen functional groups attached to an aromatic ring is 1. The van der Waals surface area contributed by atoms with Crippen LogP contribution in [0.25, 0.3) is 0 Å². The van der Waals surface area contributed by atoms with Crippen molar-refractivity contribution in [1.82, 2.24) is 4.98 Å². The van der Waals surface area contributed by atoms with Crippen molar-refractivity contribution >= 4 is 11.5 Å². The fourth-order valence-electron chi connectivity index (χ4n) is 2.33. The number of fused-ring (bicyclic) bond motifs is 1. The van der Waals surface area contributed by atoms with Crippen LogP contribution in [-0.2, 0) is 6.42 Å². The van der Waals surface area contributed by atoms with Crippen molar-refractivity contribution in [3.63, 3.8) is 0 Å². The molecule has 1 aliphatic rings. The minimum absolute atomic E-state index is 0.590. The summed E-state index contributed by atoms with van der Waals surface area (Å²) < 4.78 is 0. The number of aromatic nitrogens is 1. The van der Waals surface area contributed by atoms with E-state index < -0.39 is 0 Å². The molecule has 1 heterocycles. The molecule has 3 heteroatoms. The normalized spacial score (nSPS) is 17.1. The molecule has 3 nitrogen and oxygen atoms in total. The van der Waals surface area contributed by atoms with Crippen LogP contribution in [-0.4, -0.2) is 11.5 Å². The van der Waals surface area contributed by atoms with Gasteiger partial charge in [-0.1, -0.05) is 24.3 Å². The van der Waals surface area contributed by atoms with E-state index in [0.29, 0.717) is 11.6 Å². The molecule has 0 amide bonds. The molecule has 0 saturated carbocycles. The predicted octanol–water partition coefficient (Wildman–Crippen LogP) is 2.42. The van der Waals surface area contributed by atoms with Crippen LogP contribution in [0.5, 0.6) is 0 Å². The average Bonchev–Trinajstić information content (AvgIpc) is 2.32. The first-order valence-corrected chi connectivity index (χ1v) is 5.87. The van der Waals surface area contributed by atoms with E-state index in [1.165, 1.54) is 11.1 Å². The Morgan fingerprint density at radius 3 is 2.94 bits per heavy atom. The lowest BCUT2D eigenvalue weighted by atomic mass is 9.77. The smallest absolute Gasteiger partial charge is 0.149 e. The molecule has 1 aliphatic carbocycles. The molecule has 0 saturated heterocycles. The molecule has 0 radical (unpaired) electrons. The van der Waals surface area contributed by atoms with Crippen molar-refractivity contribution in [1.29, 1.82) is 0 Å². The van der Waals surface area contributed by atoms with Gasteiger partial charge in [0.1, 0.15) is 5.82 Å². The van der Waals surface area contributed by atoms with E-state index in [4.69, 9.17) is 5.73 Å². The van der Waals surface area contributed by atoms with Gasteiger partial charge < -0.3 is 11.1 Å². The number of pyridine rings is 1. The lowest BCUT2D eigenvalue weighted by Crippen LogP contribution is -2.24. The minimum atomic E-state index is 0.590. The summed E-state index contributed by atoms with van der Waals surface area (Å²) in [5.74, 6) is 1.38. The maximum atomic E-state index is 5.84. The Kier molecular flexibility index (Phi) is 2.44. The minimum Gasteiger partial charge on any atom is -0.396 e. The molecule has 1 atom stereocenters. The van der Waals surface area contributed by atoms with Gasteiger partial charge in [0.25, 0.3) is 0 Å². The zero-order valence-electron chi connectivity index (χ0n) is 9.56. The van der Waals surface area contributed by atoms with Crippen molar-refractivity contribution in [3.05, 3.63) is 53.7 Å². The Labute approximate surface area is 101 Å². The number of nitrogens with zero attached hydrogens (tertiary/aromatic N) is 1. The number of benzene rings is 1. The molecule has 86 valence electrons. The van der Waals surface area contributed by atoms with E-state index in [1.807, 2.05) is 12.1 Å². The van der Waals surface area contributed by atoms with Crippen molar-refractivity contribution in [2.75, 3.05) is 17.6 Å². The second-order valence-electron chi connectivity index (χ2n) is 4.42. The third kappa shape index (κ3) is 1.84. The second-order valence-corrected chi connectivity index (χ2v) is 4.42. The summed E-state index contributed by atoms with van der Waals surface area (Å²) in [7, 11) is 0. The Balaban J connectivity index is 1.66. The van der Waals surface area contributed by atoms with Gasteiger partial charge in [0.2, 0.25) is 0 Å². The summed E-state index contributed by atoms with van der Waals surface area (Å²) in [6, 6.07) is 12.3. The Morgan fingerprint density at radius 2 is 2.12 bits per heavy atom. The summed E-state index contributed by atoms with van der Waals surface area (Å²) >= 11 is 0. The first kappa shape index (κ1) is 10.1. The van der Waals surface area contributed by atoms with Gasteiger partial charge >= 0.3 is 0 Å². The molecule has 1 aromatic carbocycles. The molecule has 0 bridgehead atoms. The van der Waals surface area contributed by atoms with E-state index in [-0.39, 0.29) is 0 Å². The number of anilines is 2. The van der Waals surface area contributed by atoms with Gasteiger partial charge in [-0.25, -0.2) is 4.98 Å². The van der Waals surface area contributed by atoms with Crippen LogP contribution in [0, 0.1) is 0 Å². The molecule has 3 N–H and O–H groups in total. The van der Waals surface area contributed by atoms with Gasteiger partial charge in [0, 0.05) is 18.7 Å². The first-order chi connectivity index (χ1) is 8.34. The predicted molar refractivity (Wildman–Crippen MR) is 70.0 cm³/mol. The molecule has 3 rings (SSSR count). The highest BCUT2D eigenvalue weighted by Crippen LogP contribution is 2.34. The van der Waals surface area contributed by atoms with Crippen molar-refractivity contribution < 1.29 is 0 Å². The zero-order valence-corrected chi connectivity index (χ0v) is 9.56. The highest BCUT2D eigenvalue weighted by molar-refractivity contribution is 5.60. The third-order valence-corrected chi connectivity index (χ3v) is 3.32. The zero-order chi connectivity index (χ0) is 11.7. The maximum absolute atomic E-state index is 5.84. The van der Waals surface area contributed by atoms with Crippen LogP contribution in [0.3, 0.4) is 0 Å². The van der Waals surface area contributed by atoms with Crippen LogP contribution < -0.4 is 11.1 Å². The fourth-order valence-corrected chi connectivity index (χ4v) is 2.33. The van der Waals surface area contributed by atoms with Crippen molar-refractivity contribution in [2.24, 2.45) is 0 Å². The topological polar surface area (TPSA) is 50.9 Å². The van der Waals surface area contributed by atoms with Crippen LogP contribution in [0.1, 0.15) is 17.0 Å². The largest absolute Gasteiger partial charge is 0.396 e. The van der Waals surface area contributed by atoms with E-state index in [0.717, 1.165) is 18.8 Å². The Morgan fingerprint density at radius 1 is 1.24 bits per heavy atom. The quantitative estimate of drug-likeness (QED) is 0.843. The number of rotatable bonds is 3. The number of hydrogen-bond donors (Lipinski definition) is 2. The molecule has 0 fully saturated rings. The molecule has 0 aliphatic heterocycles.